The van der Waals surface area contributed by atoms with E-state index in [-0.39, 0.29) is 5.91 Å². The Bertz CT molecular complexity index is 311. The molecule has 4 nitrogen and oxygen atoms in total. The van der Waals surface area contributed by atoms with Gasteiger partial charge in [-0.1, -0.05) is 0 Å². The summed E-state index contributed by atoms with van der Waals surface area (Å²) in [6.07, 6.45) is 5.72. The zero-order valence-electron chi connectivity index (χ0n) is 13.6. The number of nitrogens with one attached hydrogen (secondary N) is 1. The monoisotopic (exact) mass is 313 g/mol. The Balaban J connectivity index is 1.55. The number of hydrogen-bond donors (Lipinski definition) is 1. The average molecular weight is 314 g/mol. The first kappa shape index (κ1) is 17.1. The lowest BCUT2D eigenvalue weighted by Gasteiger charge is -2.35. The molecule has 1 atom stereocenters. The van der Waals surface area contributed by atoms with Gasteiger partial charge in [0, 0.05) is 31.3 Å². The van der Waals surface area contributed by atoms with Gasteiger partial charge in [-0.05, 0) is 64.5 Å². The van der Waals surface area contributed by atoms with Gasteiger partial charge in [0.15, 0.2) is 0 Å². The largest absolute Gasteiger partial charge is 0.355 e. The number of likely N-dealkylation sites (tertiary alicyclic amines) is 1. The van der Waals surface area contributed by atoms with E-state index in [4.69, 9.17) is 0 Å². The summed E-state index contributed by atoms with van der Waals surface area (Å²) in [5, 5.41) is 3.01. The molecule has 0 unspecified atom stereocenters. The second-order valence-electron chi connectivity index (χ2n) is 6.69. The lowest BCUT2D eigenvalue weighted by atomic mass is 9.91. The van der Waals surface area contributed by atoms with Crippen LogP contribution in [0, 0.1) is 5.92 Å². The molecule has 122 valence electrons. The zero-order valence-corrected chi connectivity index (χ0v) is 14.5. The lowest BCUT2D eigenvalue weighted by Crippen LogP contribution is -2.41. The Labute approximate surface area is 134 Å². The molecule has 1 N–H and O–H groups in total. The van der Waals surface area contributed by atoms with Crippen LogP contribution in [0.5, 0.6) is 0 Å². The number of thioether (sulfide) groups is 1. The number of nitrogens with zero attached hydrogens (tertiary/aromatic N) is 2. The first-order chi connectivity index (χ1) is 10.1. The van der Waals surface area contributed by atoms with E-state index < -0.39 is 0 Å². The van der Waals surface area contributed by atoms with Crippen LogP contribution in [-0.4, -0.2) is 73.5 Å². The molecule has 2 heterocycles. The standard InChI is InChI=1S/C16H31N3OS/c1-18(2)11-8-17-16(20)4-3-14-5-9-19(10-6-14)15-7-12-21-13-15/h14-15H,3-13H2,1-2H3,(H,17,20)/t15-/m0/s1. The summed E-state index contributed by atoms with van der Waals surface area (Å²) in [4.78, 5) is 16.6. The van der Waals surface area contributed by atoms with Gasteiger partial charge in [-0.25, -0.2) is 0 Å². The molecule has 2 aliphatic rings. The Morgan fingerprint density at radius 3 is 2.67 bits per heavy atom. The maximum absolute atomic E-state index is 11.8. The fourth-order valence-electron chi connectivity index (χ4n) is 3.26. The van der Waals surface area contributed by atoms with Crippen molar-refractivity contribution in [3.8, 4) is 0 Å². The highest BCUT2D eigenvalue weighted by Crippen LogP contribution is 2.28. The van der Waals surface area contributed by atoms with Crippen molar-refractivity contribution < 1.29 is 4.79 Å². The lowest BCUT2D eigenvalue weighted by molar-refractivity contribution is -0.121. The van der Waals surface area contributed by atoms with Crippen molar-refractivity contribution in [3.05, 3.63) is 0 Å². The Kier molecular flexibility index (Phi) is 7.34. The summed E-state index contributed by atoms with van der Waals surface area (Å²) in [6.45, 7) is 4.18. The van der Waals surface area contributed by atoms with Crippen LogP contribution in [0.1, 0.15) is 32.1 Å². The first-order valence-electron chi connectivity index (χ1n) is 8.38. The Hall–Kier alpha value is -0.260. The first-order valence-corrected chi connectivity index (χ1v) is 9.54. The van der Waals surface area contributed by atoms with E-state index in [1.165, 1.54) is 43.9 Å². The topological polar surface area (TPSA) is 35.6 Å². The smallest absolute Gasteiger partial charge is 0.220 e. The number of likely N-dealkylation sites (N-methyl/N-ethyl adjacent to an activating group) is 1. The van der Waals surface area contributed by atoms with Crippen molar-refractivity contribution in [2.45, 2.75) is 38.1 Å². The van der Waals surface area contributed by atoms with Gasteiger partial charge in [0.05, 0.1) is 0 Å². The molecule has 0 bridgehead atoms. The number of hydrogen-bond acceptors (Lipinski definition) is 4. The highest BCUT2D eigenvalue weighted by atomic mass is 32.2. The van der Waals surface area contributed by atoms with Gasteiger partial charge in [-0.15, -0.1) is 0 Å². The summed E-state index contributed by atoms with van der Waals surface area (Å²) in [5.74, 6) is 3.66. The predicted molar refractivity (Wildman–Crippen MR) is 90.8 cm³/mol. The fraction of sp³-hybridized carbons (Fsp3) is 0.938. The number of piperidine rings is 1. The number of carbonyl (C=O) groups is 1. The van der Waals surface area contributed by atoms with E-state index in [1.807, 2.05) is 14.1 Å². The van der Waals surface area contributed by atoms with Crippen LogP contribution >= 0.6 is 11.8 Å². The van der Waals surface area contributed by atoms with Gasteiger partial charge in [-0.2, -0.15) is 11.8 Å². The maximum atomic E-state index is 11.8. The van der Waals surface area contributed by atoms with Gasteiger partial charge in [0.1, 0.15) is 0 Å². The van der Waals surface area contributed by atoms with Crippen LogP contribution in [0.15, 0.2) is 0 Å². The van der Waals surface area contributed by atoms with E-state index in [1.54, 1.807) is 0 Å². The zero-order chi connectivity index (χ0) is 15.1. The minimum Gasteiger partial charge on any atom is -0.355 e. The molecule has 0 spiro atoms. The van der Waals surface area contributed by atoms with Crippen molar-refractivity contribution in [1.29, 1.82) is 0 Å². The van der Waals surface area contributed by atoms with Crippen molar-refractivity contribution >= 4 is 17.7 Å². The number of carbonyl (C=O) groups excluding carboxylic acids is 1. The Morgan fingerprint density at radius 2 is 2.05 bits per heavy atom. The summed E-state index contributed by atoms with van der Waals surface area (Å²) in [5.41, 5.74) is 0. The van der Waals surface area contributed by atoms with Crippen LogP contribution in [-0.2, 0) is 4.79 Å². The van der Waals surface area contributed by atoms with Gasteiger partial charge in [-0.3, -0.25) is 9.69 Å². The predicted octanol–water partition coefficient (Wildman–Crippen LogP) is 1.66. The SMILES string of the molecule is CN(C)CCNC(=O)CCC1CCN([C@H]2CCSC2)CC1. The molecule has 2 fully saturated rings. The third kappa shape index (κ3) is 6.17. The molecule has 21 heavy (non-hydrogen) atoms. The van der Waals surface area contributed by atoms with Crippen molar-refractivity contribution in [2.24, 2.45) is 5.92 Å². The number of amides is 1. The van der Waals surface area contributed by atoms with Crippen LogP contribution in [0.2, 0.25) is 0 Å². The van der Waals surface area contributed by atoms with Gasteiger partial charge < -0.3 is 10.2 Å². The van der Waals surface area contributed by atoms with E-state index in [0.717, 1.165) is 31.5 Å². The van der Waals surface area contributed by atoms with Crippen LogP contribution in [0.25, 0.3) is 0 Å². The molecule has 2 rings (SSSR count). The second kappa shape index (κ2) is 9.01. The van der Waals surface area contributed by atoms with E-state index >= 15 is 0 Å². The van der Waals surface area contributed by atoms with Crippen molar-refractivity contribution in [2.75, 3.05) is 51.8 Å². The molecule has 0 radical (unpaired) electrons. The molecular weight excluding hydrogens is 282 g/mol. The van der Waals surface area contributed by atoms with Crippen LogP contribution < -0.4 is 5.32 Å². The molecule has 0 aromatic carbocycles. The molecule has 2 saturated heterocycles. The molecule has 0 aromatic rings. The highest BCUT2D eigenvalue weighted by Gasteiger charge is 2.27. The summed E-state index contributed by atoms with van der Waals surface area (Å²) < 4.78 is 0. The third-order valence-electron chi connectivity index (χ3n) is 4.73. The molecule has 0 saturated carbocycles. The number of rotatable bonds is 7. The van der Waals surface area contributed by atoms with E-state index in [2.05, 4.69) is 26.9 Å². The minimum absolute atomic E-state index is 0.228. The summed E-state index contributed by atoms with van der Waals surface area (Å²) in [6, 6.07) is 0.838. The molecule has 5 heteroatoms. The molecule has 2 aliphatic heterocycles. The van der Waals surface area contributed by atoms with Crippen molar-refractivity contribution in [1.82, 2.24) is 15.1 Å². The minimum atomic E-state index is 0.228. The second-order valence-corrected chi connectivity index (χ2v) is 7.84. The van der Waals surface area contributed by atoms with Gasteiger partial charge >= 0.3 is 0 Å². The van der Waals surface area contributed by atoms with E-state index in [0.29, 0.717) is 6.42 Å². The molecule has 0 aliphatic carbocycles. The maximum Gasteiger partial charge on any atom is 0.220 e. The molecular formula is C16H31N3OS. The summed E-state index contributed by atoms with van der Waals surface area (Å²) in [7, 11) is 4.06. The quantitative estimate of drug-likeness (QED) is 0.775. The molecule has 0 aromatic heterocycles. The van der Waals surface area contributed by atoms with Crippen molar-refractivity contribution in [3.63, 3.8) is 0 Å². The van der Waals surface area contributed by atoms with Crippen LogP contribution in [0.3, 0.4) is 0 Å². The molecule has 1 amide bonds. The summed E-state index contributed by atoms with van der Waals surface area (Å²) >= 11 is 2.10. The van der Waals surface area contributed by atoms with E-state index in [9.17, 15) is 4.79 Å². The van der Waals surface area contributed by atoms with Crippen LogP contribution in [0.4, 0.5) is 0 Å². The fourth-order valence-corrected chi connectivity index (χ4v) is 4.51. The average Bonchev–Trinajstić information content (AvgIpc) is 2.99. The normalized spacial score (nSPS) is 24.6. The van der Waals surface area contributed by atoms with Gasteiger partial charge in [0.2, 0.25) is 5.91 Å². The third-order valence-corrected chi connectivity index (χ3v) is 5.88. The van der Waals surface area contributed by atoms with Gasteiger partial charge in [0.25, 0.3) is 0 Å². The Morgan fingerprint density at radius 1 is 1.29 bits per heavy atom. The highest BCUT2D eigenvalue weighted by molar-refractivity contribution is 7.99.